The molecule has 84 valence electrons. The van der Waals surface area contributed by atoms with E-state index >= 15 is 0 Å². The second-order valence-electron chi connectivity index (χ2n) is 4.03. The average Bonchev–Trinajstić information content (AvgIpc) is 2.57. The third kappa shape index (κ3) is 1.47. The normalized spacial score (nSPS) is 18.6. The van der Waals surface area contributed by atoms with Crippen molar-refractivity contribution in [1.29, 1.82) is 0 Å². The zero-order chi connectivity index (χ0) is 11.1. The van der Waals surface area contributed by atoms with Gasteiger partial charge in [-0.05, 0) is 6.92 Å². The van der Waals surface area contributed by atoms with Crippen molar-refractivity contribution in [2.45, 2.75) is 13.0 Å². The second-order valence-corrected chi connectivity index (χ2v) is 4.42. The highest BCUT2D eigenvalue weighted by Crippen LogP contribution is 2.26. The molecule has 2 aromatic heterocycles. The Hall–Kier alpha value is -1.20. The molecule has 0 aromatic carbocycles. The van der Waals surface area contributed by atoms with Crippen molar-refractivity contribution >= 4 is 22.8 Å². The molecule has 1 saturated heterocycles. The summed E-state index contributed by atoms with van der Waals surface area (Å²) in [7, 11) is 0. The quantitative estimate of drug-likeness (QED) is 0.799. The third-order valence-corrected chi connectivity index (χ3v) is 3.19. The van der Waals surface area contributed by atoms with Crippen LogP contribution in [0.1, 0.15) is 13.0 Å². The molecule has 0 N–H and O–H groups in total. The van der Waals surface area contributed by atoms with Crippen LogP contribution in [-0.2, 0) is 4.74 Å². The van der Waals surface area contributed by atoms with Gasteiger partial charge in [-0.15, -0.1) is 0 Å². The van der Waals surface area contributed by atoms with Crippen molar-refractivity contribution in [3.63, 3.8) is 0 Å². The fourth-order valence-electron chi connectivity index (χ4n) is 1.83. The second kappa shape index (κ2) is 3.68. The van der Waals surface area contributed by atoms with Crippen molar-refractivity contribution in [1.82, 2.24) is 19.7 Å². The summed E-state index contributed by atoms with van der Waals surface area (Å²) in [6.45, 7) is 3.69. The van der Waals surface area contributed by atoms with E-state index in [4.69, 9.17) is 16.3 Å². The molecule has 16 heavy (non-hydrogen) atoms. The molecule has 1 aliphatic rings. The molecule has 1 fully saturated rings. The van der Waals surface area contributed by atoms with Crippen LogP contribution in [0, 0.1) is 5.92 Å². The Labute approximate surface area is 97.4 Å². The summed E-state index contributed by atoms with van der Waals surface area (Å²) in [6, 6.07) is 0.263. The van der Waals surface area contributed by atoms with Crippen molar-refractivity contribution in [3.05, 3.63) is 17.5 Å². The number of ether oxygens (including phenoxy) is 1. The van der Waals surface area contributed by atoms with Crippen molar-refractivity contribution < 1.29 is 4.74 Å². The lowest BCUT2D eigenvalue weighted by Crippen LogP contribution is -2.34. The summed E-state index contributed by atoms with van der Waals surface area (Å²) in [5.41, 5.74) is 1.52. The molecular weight excluding hydrogens is 228 g/mol. The van der Waals surface area contributed by atoms with Crippen LogP contribution in [0.25, 0.3) is 11.2 Å². The number of hydrogen-bond donors (Lipinski definition) is 0. The Morgan fingerprint density at radius 3 is 3.00 bits per heavy atom. The van der Waals surface area contributed by atoms with Crippen LogP contribution in [0.3, 0.4) is 0 Å². The zero-order valence-electron chi connectivity index (χ0n) is 8.80. The highest BCUT2D eigenvalue weighted by molar-refractivity contribution is 6.29. The summed E-state index contributed by atoms with van der Waals surface area (Å²) >= 11 is 5.84. The lowest BCUT2D eigenvalue weighted by molar-refractivity contribution is -0.0548. The van der Waals surface area contributed by atoms with Gasteiger partial charge in [0.2, 0.25) is 0 Å². The average molecular weight is 239 g/mol. The van der Waals surface area contributed by atoms with Gasteiger partial charge in [0.25, 0.3) is 0 Å². The molecule has 2 aromatic rings. The highest BCUT2D eigenvalue weighted by atomic mass is 35.5. The SMILES string of the molecule is C[C@@H](C1COC1)n1ncc2ncc(Cl)nc21. The molecule has 0 aliphatic carbocycles. The number of aromatic nitrogens is 4. The monoisotopic (exact) mass is 238 g/mol. The topological polar surface area (TPSA) is 52.8 Å². The van der Waals surface area contributed by atoms with Gasteiger partial charge in [0, 0.05) is 5.92 Å². The number of halogens is 1. The molecule has 0 amide bonds. The number of fused-ring (bicyclic) bond motifs is 1. The van der Waals surface area contributed by atoms with E-state index in [1.54, 1.807) is 6.20 Å². The molecule has 6 heteroatoms. The minimum atomic E-state index is 0.263. The van der Waals surface area contributed by atoms with E-state index < -0.39 is 0 Å². The van der Waals surface area contributed by atoms with E-state index in [0.717, 1.165) is 24.4 Å². The summed E-state index contributed by atoms with van der Waals surface area (Å²) in [5, 5.41) is 4.71. The van der Waals surface area contributed by atoms with Gasteiger partial charge in [-0.3, -0.25) is 0 Å². The fourth-order valence-corrected chi connectivity index (χ4v) is 1.96. The Kier molecular flexibility index (Phi) is 2.29. The van der Waals surface area contributed by atoms with Gasteiger partial charge in [0.05, 0.1) is 31.6 Å². The van der Waals surface area contributed by atoms with E-state index in [2.05, 4.69) is 22.0 Å². The van der Waals surface area contributed by atoms with Gasteiger partial charge in [-0.2, -0.15) is 5.10 Å². The number of nitrogens with zero attached hydrogens (tertiary/aromatic N) is 4. The molecule has 0 spiro atoms. The fraction of sp³-hybridized carbons (Fsp3) is 0.500. The molecule has 0 bridgehead atoms. The number of hydrogen-bond acceptors (Lipinski definition) is 4. The zero-order valence-corrected chi connectivity index (χ0v) is 9.55. The third-order valence-electron chi connectivity index (χ3n) is 3.01. The predicted molar refractivity (Wildman–Crippen MR) is 59.4 cm³/mol. The molecule has 3 heterocycles. The summed E-state index contributed by atoms with van der Waals surface area (Å²) < 4.78 is 7.06. The van der Waals surface area contributed by atoms with E-state index in [1.165, 1.54) is 6.20 Å². The van der Waals surface area contributed by atoms with Crippen LogP contribution in [0.4, 0.5) is 0 Å². The molecule has 5 nitrogen and oxygen atoms in total. The molecule has 1 atom stereocenters. The highest BCUT2D eigenvalue weighted by Gasteiger charge is 2.28. The van der Waals surface area contributed by atoms with Crippen LogP contribution in [-0.4, -0.2) is 33.0 Å². The molecule has 0 radical (unpaired) electrons. The maximum atomic E-state index is 5.84. The minimum Gasteiger partial charge on any atom is -0.381 e. The first-order valence-electron chi connectivity index (χ1n) is 5.19. The molecule has 0 unspecified atom stereocenters. The largest absolute Gasteiger partial charge is 0.381 e. The van der Waals surface area contributed by atoms with Crippen LogP contribution in [0.2, 0.25) is 5.15 Å². The van der Waals surface area contributed by atoms with Gasteiger partial charge in [0.15, 0.2) is 5.65 Å². The lowest BCUT2D eigenvalue weighted by atomic mass is 10.0. The first kappa shape index (κ1) is 9.99. The summed E-state index contributed by atoms with van der Waals surface area (Å²) in [6.07, 6.45) is 3.25. The van der Waals surface area contributed by atoms with Gasteiger partial charge in [-0.25, -0.2) is 14.6 Å². The first-order chi connectivity index (χ1) is 7.75. The van der Waals surface area contributed by atoms with Crippen molar-refractivity contribution in [2.24, 2.45) is 5.92 Å². The Bertz CT molecular complexity index is 523. The van der Waals surface area contributed by atoms with E-state index in [0.29, 0.717) is 11.1 Å². The Morgan fingerprint density at radius 2 is 2.31 bits per heavy atom. The first-order valence-corrected chi connectivity index (χ1v) is 5.57. The van der Waals surface area contributed by atoms with Gasteiger partial charge < -0.3 is 4.74 Å². The van der Waals surface area contributed by atoms with Crippen molar-refractivity contribution in [2.75, 3.05) is 13.2 Å². The van der Waals surface area contributed by atoms with Gasteiger partial charge >= 0.3 is 0 Å². The predicted octanol–water partition coefficient (Wildman–Crippen LogP) is 1.69. The minimum absolute atomic E-state index is 0.263. The van der Waals surface area contributed by atoms with Crippen LogP contribution >= 0.6 is 11.6 Å². The maximum absolute atomic E-state index is 5.84. The van der Waals surface area contributed by atoms with Gasteiger partial charge in [-0.1, -0.05) is 11.6 Å². The smallest absolute Gasteiger partial charge is 0.178 e. The van der Waals surface area contributed by atoms with Crippen LogP contribution in [0.15, 0.2) is 12.4 Å². The Balaban J connectivity index is 2.05. The maximum Gasteiger partial charge on any atom is 0.178 e. The molecular formula is C10H11ClN4O. The molecule has 3 rings (SSSR count). The van der Waals surface area contributed by atoms with Crippen LogP contribution in [0.5, 0.6) is 0 Å². The molecule has 1 aliphatic heterocycles. The Morgan fingerprint density at radius 1 is 1.50 bits per heavy atom. The summed E-state index contributed by atoms with van der Waals surface area (Å²) in [4.78, 5) is 8.44. The number of rotatable bonds is 2. The van der Waals surface area contributed by atoms with E-state index in [9.17, 15) is 0 Å². The molecule has 0 saturated carbocycles. The van der Waals surface area contributed by atoms with Crippen molar-refractivity contribution in [3.8, 4) is 0 Å². The van der Waals surface area contributed by atoms with Crippen LogP contribution < -0.4 is 0 Å². The standard InChI is InChI=1S/C10H11ClN4O/c1-6(7-4-16-5-7)15-10-8(2-13-15)12-3-9(11)14-10/h2-3,6-7H,4-5H2,1H3/t6-/m0/s1. The van der Waals surface area contributed by atoms with Gasteiger partial charge in [0.1, 0.15) is 10.7 Å². The van der Waals surface area contributed by atoms with E-state index in [1.807, 2.05) is 4.68 Å². The van der Waals surface area contributed by atoms with E-state index in [-0.39, 0.29) is 6.04 Å². The summed E-state index contributed by atoms with van der Waals surface area (Å²) in [5.74, 6) is 0.504. The lowest BCUT2D eigenvalue weighted by Gasteiger charge is -2.31.